The van der Waals surface area contributed by atoms with Gasteiger partial charge in [-0.3, -0.25) is 9.48 Å². The van der Waals surface area contributed by atoms with Crippen molar-refractivity contribution in [3.8, 4) is 11.8 Å². The number of hydrogen-bond donors (Lipinski definition) is 2. The van der Waals surface area contributed by atoms with Crippen molar-refractivity contribution < 1.29 is 14.6 Å². The Labute approximate surface area is 156 Å². The van der Waals surface area contributed by atoms with Crippen molar-refractivity contribution in [1.29, 1.82) is 0 Å². The van der Waals surface area contributed by atoms with Gasteiger partial charge >= 0.3 is 0 Å². The third kappa shape index (κ3) is 3.11. The first-order chi connectivity index (χ1) is 13.1. The van der Waals surface area contributed by atoms with Gasteiger partial charge in [0.15, 0.2) is 0 Å². The second-order valence-corrected chi connectivity index (χ2v) is 6.91. The lowest BCUT2D eigenvalue weighted by Gasteiger charge is -2.12. The molecule has 2 N–H and O–H groups in total. The van der Waals surface area contributed by atoms with Gasteiger partial charge in [0.25, 0.3) is 5.91 Å². The molecule has 0 saturated heterocycles. The van der Waals surface area contributed by atoms with Crippen molar-refractivity contribution in [2.75, 3.05) is 7.11 Å². The first-order valence-corrected chi connectivity index (χ1v) is 9.12. The molecule has 0 atom stereocenters. The predicted molar refractivity (Wildman–Crippen MR) is 99.8 cm³/mol. The average Bonchev–Trinajstić information content (AvgIpc) is 3.40. The van der Waals surface area contributed by atoms with Crippen LogP contribution in [0.3, 0.4) is 0 Å². The van der Waals surface area contributed by atoms with Gasteiger partial charge in [0.05, 0.1) is 18.0 Å². The van der Waals surface area contributed by atoms with E-state index in [1.807, 2.05) is 16.8 Å². The highest BCUT2D eigenvalue weighted by Gasteiger charge is 2.22. The van der Waals surface area contributed by atoms with Crippen molar-refractivity contribution in [2.24, 2.45) is 7.05 Å². The third-order valence-electron chi connectivity index (χ3n) is 5.24. The summed E-state index contributed by atoms with van der Waals surface area (Å²) in [5.41, 5.74) is 1.87. The number of nitrogens with zero attached hydrogens (tertiary/aromatic N) is 4. The first kappa shape index (κ1) is 17.4. The number of aryl methyl sites for hydroxylation is 1. The maximum atomic E-state index is 12.3. The number of amides is 1. The van der Waals surface area contributed by atoms with Gasteiger partial charge in [-0.25, -0.2) is 4.98 Å². The molecule has 3 aromatic rings. The van der Waals surface area contributed by atoms with Crippen molar-refractivity contribution in [2.45, 2.75) is 38.3 Å². The van der Waals surface area contributed by atoms with Crippen LogP contribution in [0.4, 0.5) is 0 Å². The first-order valence-electron chi connectivity index (χ1n) is 9.12. The maximum absolute atomic E-state index is 12.3. The molecule has 1 fully saturated rings. The number of carbonyl (C=O) groups is 1. The molecular weight excluding hydrogens is 346 g/mol. The van der Waals surface area contributed by atoms with Crippen molar-refractivity contribution in [3.05, 3.63) is 35.8 Å². The summed E-state index contributed by atoms with van der Waals surface area (Å²) < 4.78 is 8.84. The Morgan fingerprint density at radius 3 is 2.85 bits per heavy atom. The fourth-order valence-electron chi connectivity index (χ4n) is 3.79. The van der Waals surface area contributed by atoms with Crippen molar-refractivity contribution in [1.82, 2.24) is 24.6 Å². The SMILES string of the molecule is COc1nc2cn(C3CCCC3)c(O)c2cc1CNC(=O)c1ccnn1C. The van der Waals surface area contributed by atoms with Crippen LogP contribution in [0.15, 0.2) is 24.5 Å². The van der Waals surface area contributed by atoms with Gasteiger partial charge in [-0.1, -0.05) is 12.8 Å². The fourth-order valence-corrected chi connectivity index (χ4v) is 3.79. The number of carbonyl (C=O) groups excluding carboxylic acids is 1. The van der Waals surface area contributed by atoms with Gasteiger partial charge in [-0.05, 0) is 25.0 Å². The Hall–Kier alpha value is -3.03. The topological polar surface area (TPSA) is 94.2 Å². The summed E-state index contributed by atoms with van der Waals surface area (Å²) in [4.78, 5) is 16.9. The number of hydrogen-bond acceptors (Lipinski definition) is 5. The molecular formula is C19H23N5O3. The van der Waals surface area contributed by atoms with Crippen LogP contribution >= 0.6 is 0 Å². The predicted octanol–water partition coefficient (Wildman–Crippen LogP) is 2.53. The van der Waals surface area contributed by atoms with Gasteiger partial charge in [0.1, 0.15) is 5.69 Å². The highest BCUT2D eigenvalue weighted by atomic mass is 16.5. The molecule has 1 saturated carbocycles. The fraction of sp³-hybridized carbons (Fsp3) is 0.421. The minimum absolute atomic E-state index is 0.228. The summed E-state index contributed by atoms with van der Waals surface area (Å²) in [6.07, 6.45) is 7.97. The molecule has 3 aromatic heterocycles. The van der Waals surface area contributed by atoms with E-state index in [0.717, 1.165) is 12.8 Å². The van der Waals surface area contributed by atoms with Crippen molar-refractivity contribution in [3.63, 3.8) is 0 Å². The molecule has 1 aliphatic rings. The quantitative estimate of drug-likeness (QED) is 0.721. The molecule has 8 nitrogen and oxygen atoms in total. The van der Waals surface area contributed by atoms with E-state index in [9.17, 15) is 9.90 Å². The van der Waals surface area contributed by atoms with E-state index < -0.39 is 0 Å². The lowest BCUT2D eigenvalue weighted by Crippen LogP contribution is -2.25. The van der Waals surface area contributed by atoms with E-state index in [1.54, 1.807) is 26.4 Å². The van der Waals surface area contributed by atoms with Crippen molar-refractivity contribution >= 4 is 16.8 Å². The zero-order valence-corrected chi connectivity index (χ0v) is 15.5. The molecule has 0 bridgehead atoms. The van der Waals surface area contributed by atoms with Crippen LogP contribution in [0, 0.1) is 0 Å². The lowest BCUT2D eigenvalue weighted by atomic mass is 10.2. The highest BCUT2D eigenvalue weighted by Crippen LogP contribution is 2.38. The Kier molecular flexibility index (Phi) is 4.47. The molecule has 1 aliphatic carbocycles. The lowest BCUT2D eigenvalue weighted by molar-refractivity contribution is 0.0941. The number of aromatic hydroxyl groups is 1. The molecule has 0 aliphatic heterocycles. The van der Waals surface area contributed by atoms with E-state index in [-0.39, 0.29) is 18.3 Å². The monoisotopic (exact) mass is 369 g/mol. The highest BCUT2D eigenvalue weighted by molar-refractivity contribution is 5.92. The van der Waals surface area contributed by atoms with E-state index in [2.05, 4.69) is 15.4 Å². The van der Waals surface area contributed by atoms with Crippen LogP contribution in [0.2, 0.25) is 0 Å². The summed E-state index contributed by atoms with van der Waals surface area (Å²) in [5, 5.41) is 18.2. The van der Waals surface area contributed by atoms with E-state index in [0.29, 0.717) is 34.1 Å². The smallest absolute Gasteiger partial charge is 0.269 e. The molecule has 1 amide bonds. The van der Waals surface area contributed by atoms with Gasteiger partial charge in [-0.2, -0.15) is 5.10 Å². The van der Waals surface area contributed by atoms with Gasteiger partial charge in [-0.15, -0.1) is 0 Å². The molecule has 142 valence electrons. The summed E-state index contributed by atoms with van der Waals surface area (Å²) in [6.45, 7) is 0.240. The molecule has 0 unspecified atom stereocenters. The molecule has 0 radical (unpaired) electrons. The summed E-state index contributed by atoms with van der Waals surface area (Å²) in [6, 6.07) is 3.81. The molecule has 4 rings (SSSR count). The van der Waals surface area contributed by atoms with Crippen LogP contribution in [-0.2, 0) is 13.6 Å². The second kappa shape index (κ2) is 6.94. The summed E-state index contributed by atoms with van der Waals surface area (Å²) in [5.74, 6) is 0.438. The normalized spacial score (nSPS) is 14.7. The number of nitrogens with one attached hydrogen (secondary N) is 1. The Balaban J connectivity index is 1.62. The van der Waals surface area contributed by atoms with Gasteiger partial charge in [0, 0.05) is 37.6 Å². The van der Waals surface area contributed by atoms with E-state index >= 15 is 0 Å². The van der Waals surface area contributed by atoms with E-state index in [4.69, 9.17) is 4.74 Å². The summed E-state index contributed by atoms with van der Waals surface area (Å²) >= 11 is 0. The molecule has 3 heterocycles. The standard InChI is InChI=1S/C19H23N5O3/c1-23-16(7-8-21-23)17(25)20-10-12-9-14-15(22-18(12)27-2)11-24(19(14)26)13-5-3-4-6-13/h7-9,11,13,26H,3-6,10H2,1-2H3,(H,20,25). The maximum Gasteiger partial charge on any atom is 0.269 e. The van der Waals surface area contributed by atoms with Crippen LogP contribution in [0.25, 0.3) is 10.9 Å². The molecule has 0 aromatic carbocycles. The minimum Gasteiger partial charge on any atom is -0.494 e. The minimum atomic E-state index is -0.232. The number of pyridine rings is 1. The third-order valence-corrected chi connectivity index (χ3v) is 5.24. The molecule has 8 heteroatoms. The molecule has 0 spiro atoms. The molecule has 27 heavy (non-hydrogen) atoms. The number of aromatic nitrogens is 4. The number of methoxy groups -OCH3 is 1. The van der Waals surface area contributed by atoms with Crippen LogP contribution in [-0.4, -0.2) is 37.5 Å². The zero-order chi connectivity index (χ0) is 19.0. The summed E-state index contributed by atoms with van der Waals surface area (Å²) in [7, 11) is 3.27. The van der Waals surface area contributed by atoms with Crippen LogP contribution < -0.4 is 10.1 Å². The average molecular weight is 369 g/mol. The van der Waals surface area contributed by atoms with Crippen LogP contribution in [0.1, 0.15) is 47.8 Å². The van der Waals surface area contributed by atoms with Crippen LogP contribution in [0.5, 0.6) is 11.8 Å². The number of rotatable bonds is 5. The largest absolute Gasteiger partial charge is 0.494 e. The Bertz CT molecular complexity index is 985. The van der Waals surface area contributed by atoms with E-state index in [1.165, 1.54) is 17.5 Å². The number of fused-ring (bicyclic) bond motifs is 1. The Morgan fingerprint density at radius 1 is 1.41 bits per heavy atom. The van der Waals surface area contributed by atoms with Gasteiger partial charge < -0.3 is 19.7 Å². The second-order valence-electron chi connectivity index (χ2n) is 6.91. The number of ether oxygens (including phenoxy) is 1. The Morgan fingerprint density at radius 2 is 2.19 bits per heavy atom. The van der Waals surface area contributed by atoms with Gasteiger partial charge in [0.2, 0.25) is 11.8 Å². The zero-order valence-electron chi connectivity index (χ0n) is 15.5.